The first-order valence-electron chi connectivity index (χ1n) is 13.6. The lowest BCUT2D eigenvalue weighted by atomic mass is 10.1. The number of ether oxygens (including phenoxy) is 2. The van der Waals surface area contributed by atoms with E-state index in [2.05, 4.69) is 25.2 Å². The molecule has 4 aromatic rings. The van der Waals surface area contributed by atoms with Gasteiger partial charge in [-0.1, -0.05) is 26.0 Å². The molecule has 16 heteroatoms. The fraction of sp³-hybridized carbons (Fsp3) is 0.241. The quantitative estimate of drug-likeness (QED) is 0.0725. The number of fused-ring (bicyclic) bond motifs is 1. The van der Waals surface area contributed by atoms with Gasteiger partial charge in [0.1, 0.15) is 33.5 Å². The largest absolute Gasteiger partial charge is 0.505 e. The number of hydrogen-bond acceptors (Lipinski definition) is 12. The summed E-state index contributed by atoms with van der Waals surface area (Å²) in [5, 5.41) is 27.7. The number of phenols is 1. The molecule has 0 spiro atoms. The molecule has 0 heterocycles. The highest BCUT2D eigenvalue weighted by Gasteiger charge is 2.23. The van der Waals surface area contributed by atoms with E-state index < -0.39 is 36.5 Å². The first-order valence-corrected chi connectivity index (χ1v) is 16.5. The van der Waals surface area contributed by atoms with Gasteiger partial charge in [0.2, 0.25) is 10.0 Å². The molecule has 0 unspecified atom stereocenters. The van der Waals surface area contributed by atoms with Gasteiger partial charge in [0, 0.05) is 29.2 Å². The SMILES string of the molecule is CCC(CC)NS(=O)(=O)c1ccc(N=Nc2cc(OC)c(N=Nc3c(S(=O)(=O)O)cc4cccc(N)c4c3O)cc2OC)cc1. The van der Waals surface area contributed by atoms with Gasteiger partial charge in [-0.2, -0.15) is 13.5 Å². The molecule has 0 aliphatic carbocycles. The third kappa shape index (κ3) is 7.37. The van der Waals surface area contributed by atoms with Crippen molar-refractivity contribution >= 4 is 59.4 Å². The monoisotopic (exact) mass is 656 g/mol. The molecule has 0 amide bonds. The van der Waals surface area contributed by atoms with Crippen LogP contribution in [0.15, 0.2) is 90.9 Å². The highest BCUT2D eigenvalue weighted by molar-refractivity contribution is 7.89. The van der Waals surface area contributed by atoms with Crippen molar-refractivity contribution in [2.24, 2.45) is 20.5 Å². The molecule has 0 radical (unpaired) electrons. The average Bonchev–Trinajstić information content (AvgIpc) is 3.01. The zero-order valence-electron chi connectivity index (χ0n) is 24.8. The second-order valence-corrected chi connectivity index (χ2v) is 12.8. The number of hydrogen-bond donors (Lipinski definition) is 4. The Balaban J connectivity index is 1.68. The molecular formula is C29H32N6O8S2. The molecule has 0 aromatic heterocycles. The number of sulfonamides is 1. The van der Waals surface area contributed by atoms with E-state index in [9.17, 15) is 26.5 Å². The molecule has 0 atom stereocenters. The highest BCUT2D eigenvalue weighted by atomic mass is 32.2. The van der Waals surface area contributed by atoms with Crippen LogP contribution in [0, 0.1) is 0 Å². The molecule has 5 N–H and O–H groups in total. The van der Waals surface area contributed by atoms with Crippen molar-refractivity contribution in [3.8, 4) is 17.2 Å². The van der Waals surface area contributed by atoms with Gasteiger partial charge in [-0.15, -0.1) is 15.3 Å². The topological polar surface area (TPSA) is 215 Å². The maximum absolute atomic E-state index is 12.7. The molecule has 0 bridgehead atoms. The van der Waals surface area contributed by atoms with Gasteiger partial charge in [0.15, 0.2) is 5.75 Å². The average molecular weight is 657 g/mol. The Morgan fingerprint density at radius 2 is 1.42 bits per heavy atom. The summed E-state index contributed by atoms with van der Waals surface area (Å²) in [6, 6.07) is 14.3. The number of anilines is 1. The van der Waals surface area contributed by atoms with Gasteiger partial charge in [-0.25, -0.2) is 13.1 Å². The molecule has 4 rings (SSSR count). The highest BCUT2D eigenvalue weighted by Crippen LogP contribution is 2.45. The Kier molecular flexibility index (Phi) is 10.0. The van der Waals surface area contributed by atoms with Crippen LogP contribution in [0.1, 0.15) is 26.7 Å². The molecule has 0 aliphatic rings. The zero-order chi connectivity index (χ0) is 32.9. The normalized spacial score (nSPS) is 12.5. The van der Waals surface area contributed by atoms with Crippen molar-refractivity contribution < 1.29 is 36.0 Å². The zero-order valence-corrected chi connectivity index (χ0v) is 26.4. The number of methoxy groups -OCH3 is 2. The van der Waals surface area contributed by atoms with E-state index in [1.54, 1.807) is 6.07 Å². The summed E-state index contributed by atoms with van der Waals surface area (Å²) in [5.74, 6) is -0.275. The number of phenolic OH excluding ortho intramolecular Hbond substituents is 1. The minimum Gasteiger partial charge on any atom is -0.505 e. The summed E-state index contributed by atoms with van der Waals surface area (Å²) in [4.78, 5) is -0.581. The summed E-state index contributed by atoms with van der Waals surface area (Å²) in [7, 11) is -5.79. The third-order valence-corrected chi connectivity index (χ3v) is 9.26. The minimum absolute atomic E-state index is 0.0645. The van der Waals surface area contributed by atoms with Gasteiger partial charge >= 0.3 is 0 Å². The Bertz CT molecular complexity index is 1990. The van der Waals surface area contributed by atoms with E-state index in [-0.39, 0.29) is 50.3 Å². The van der Waals surface area contributed by atoms with Gasteiger partial charge in [0.05, 0.1) is 24.8 Å². The second-order valence-electron chi connectivity index (χ2n) is 9.72. The van der Waals surface area contributed by atoms with Crippen molar-refractivity contribution in [2.45, 2.75) is 42.5 Å². The van der Waals surface area contributed by atoms with Crippen LogP contribution in [-0.2, 0) is 20.1 Å². The number of nitrogen functional groups attached to an aromatic ring is 1. The van der Waals surface area contributed by atoms with Crippen molar-refractivity contribution in [3.63, 3.8) is 0 Å². The number of aromatic hydroxyl groups is 1. The summed E-state index contributed by atoms with van der Waals surface area (Å²) >= 11 is 0. The van der Waals surface area contributed by atoms with Crippen LogP contribution >= 0.6 is 0 Å². The maximum atomic E-state index is 12.7. The number of azo groups is 2. The summed E-state index contributed by atoms with van der Waals surface area (Å²) < 4.78 is 73.0. The Labute approximate surface area is 260 Å². The number of nitrogens with zero attached hydrogens (tertiary/aromatic N) is 4. The van der Waals surface area contributed by atoms with Gasteiger partial charge in [0.25, 0.3) is 10.1 Å². The fourth-order valence-electron chi connectivity index (χ4n) is 4.39. The van der Waals surface area contributed by atoms with Gasteiger partial charge < -0.3 is 20.3 Å². The summed E-state index contributed by atoms with van der Waals surface area (Å²) in [5.41, 5.74) is 6.27. The van der Waals surface area contributed by atoms with Crippen LogP contribution in [0.4, 0.5) is 28.4 Å². The number of rotatable bonds is 12. The van der Waals surface area contributed by atoms with Crippen molar-refractivity contribution in [2.75, 3.05) is 20.0 Å². The van der Waals surface area contributed by atoms with E-state index in [0.717, 1.165) is 6.07 Å². The standard InChI is InChI=1S/C29H32N6O8S2/c1-5-18(6-2)35-44(37,38)20-12-10-19(11-13-20)31-32-22-15-25(43-4)23(16-24(22)42-3)33-34-28-26(45(39,40)41)14-17-8-7-9-21(30)27(17)29(28)36/h7-16,18,35-36H,5-6,30H2,1-4H3,(H,39,40,41). The Morgan fingerprint density at radius 1 is 0.844 bits per heavy atom. The molecule has 4 aromatic carbocycles. The molecule has 238 valence electrons. The van der Waals surface area contributed by atoms with E-state index in [0.29, 0.717) is 18.5 Å². The third-order valence-electron chi connectivity index (χ3n) is 6.85. The smallest absolute Gasteiger partial charge is 0.296 e. The molecule has 0 saturated heterocycles. The predicted molar refractivity (Wildman–Crippen MR) is 169 cm³/mol. The predicted octanol–water partition coefficient (Wildman–Crippen LogP) is 6.69. The van der Waals surface area contributed by atoms with E-state index in [1.807, 2.05) is 13.8 Å². The fourth-order valence-corrected chi connectivity index (χ4v) is 6.45. The lowest BCUT2D eigenvalue weighted by Crippen LogP contribution is -2.33. The van der Waals surface area contributed by atoms with Crippen molar-refractivity contribution in [1.82, 2.24) is 4.72 Å². The number of nitrogens with one attached hydrogen (secondary N) is 1. The molecular weight excluding hydrogens is 624 g/mol. The maximum Gasteiger partial charge on any atom is 0.296 e. The molecule has 14 nitrogen and oxygen atoms in total. The molecule has 45 heavy (non-hydrogen) atoms. The first kappa shape index (κ1) is 33.3. The van der Waals surface area contributed by atoms with Crippen molar-refractivity contribution in [1.29, 1.82) is 0 Å². The molecule has 0 saturated carbocycles. The van der Waals surface area contributed by atoms with Crippen LogP contribution in [0.2, 0.25) is 0 Å². The Morgan fingerprint density at radius 3 is 1.96 bits per heavy atom. The van der Waals surface area contributed by atoms with E-state index >= 15 is 0 Å². The summed E-state index contributed by atoms with van der Waals surface area (Å²) in [6.07, 6.45) is 1.33. The van der Waals surface area contributed by atoms with Crippen LogP contribution in [0.3, 0.4) is 0 Å². The molecule has 0 fully saturated rings. The minimum atomic E-state index is -4.83. The van der Waals surface area contributed by atoms with Crippen LogP contribution in [0.5, 0.6) is 17.2 Å². The van der Waals surface area contributed by atoms with Gasteiger partial charge in [-0.3, -0.25) is 4.55 Å². The second kappa shape index (κ2) is 13.6. The first-order chi connectivity index (χ1) is 21.3. The lowest BCUT2D eigenvalue weighted by Gasteiger charge is -2.14. The summed E-state index contributed by atoms with van der Waals surface area (Å²) in [6.45, 7) is 3.82. The number of benzene rings is 4. The van der Waals surface area contributed by atoms with E-state index in [1.165, 1.54) is 62.8 Å². The Hall–Kier alpha value is -4.64. The van der Waals surface area contributed by atoms with Crippen molar-refractivity contribution in [3.05, 3.63) is 60.7 Å². The van der Waals surface area contributed by atoms with Gasteiger partial charge in [-0.05, 0) is 54.6 Å². The molecule has 0 aliphatic heterocycles. The van der Waals surface area contributed by atoms with Crippen LogP contribution in [-0.4, -0.2) is 46.8 Å². The van der Waals surface area contributed by atoms with Crippen LogP contribution in [0.25, 0.3) is 10.8 Å². The van der Waals surface area contributed by atoms with Crippen LogP contribution < -0.4 is 19.9 Å². The number of nitrogens with two attached hydrogens (primary N) is 1. The van der Waals surface area contributed by atoms with E-state index in [4.69, 9.17) is 15.2 Å². The lowest BCUT2D eigenvalue weighted by molar-refractivity contribution is 0.405.